The number of carboxylic acid groups (broad SMARTS) is 1. The second kappa shape index (κ2) is 9.41. The van der Waals surface area contributed by atoms with E-state index in [2.05, 4.69) is 25.6 Å². The molecular weight excluding hydrogens is 416 g/mol. The SMILES string of the molecule is CC(C)(C)OC(=O)NC[C@@H](Cn1cnc2c(NC(=O)c3ccccc3)ncnc21)C(=O)O. The Morgan fingerprint density at radius 2 is 1.84 bits per heavy atom. The van der Waals surface area contributed by atoms with Crippen LogP contribution in [0, 0.1) is 5.92 Å². The monoisotopic (exact) mass is 440 g/mol. The zero-order valence-electron chi connectivity index (χ0n) is 17.9. The van der Waals surface area contributed by atoms with Gasteiger partial charge in [-0.05, 0) is 32.9 Å². The van der Waals surface area contributed by atoms with Gasteiger partial charge in [-0.15, -0.1) is 0 Å². The number of anilines is 1. The lowest BCUT2D eigenvalue weighted by Crippen LogP contribution is -2.38. The number of carbonyl (C=O) groups is 3. The van der Waals surface area contributed by atoms with Crippen LogP contribution in [0.1, 0.15) is 31.1 Å². The van der Waals surface area contributed by atoms with Crippen LogP contribution in [0.15, 0.2) is 43.0 Å². The fourth-order valence-corrected chi connectivity index (χ4v) is 2.86. The molecule has 0 aliphatic carbocycles. The number of hydrogen-bond acceptors (Lipinski definition) is 7. The van der Waals surface area contributed by atoms with Gasteiger partial charge in [-0.1, -0.05) is 18.2 Å². The molecule has 2 amide bonds. The van der Waals surface area contributed by atoms with Gasteiger partial charge < -0.3 is 25.0 Å². The van der Waals surface area contributed by atoms with Gasteiger partial charge in [0.15, 0.2) is 17.0 Å². The Morgan fingerprint density at radius 3 is 2.50 bits per heavy atom. The minimum Gasteiger partial charge on any atom is -0.481 e. The van der Waals surface area contributed by atoms with E-state index >= 15 is 0 Å². The highest BCUT2D eigenvalue weighted by atomic mass is 16.6. The van der Waals surface area contributed by atoms with Crippen molar-refractivity contribution in [1.82, 2.24) is 24.8 Å². The van der Waals surface area contributed by atoms with Gasteiger partial charge in [-0.25, -0.2) is 19.7 Å². The fraction of sp³-hybridized carbons (Fsp3) is 0.333. The van der Waals surface area contributed by atoms with E-state index in [1.165, 1.54) is 17.2 Å². The molecule has 0 saturated heterocycles. The van der Waals surface area contributed by atoms with Crippen LogP contribution in [0.25, 0.3) is 11.2 Å². The van der Waals surface area contributed by atoms with Gasteiger partial charge in [0.25, 0.3) is 5.91 Å². The number of hydrogen-bond donors (Lipinski definition) is 3. The van der Waals surface area contributed by atoms with Crippen LogP contribution in [0.2, 0.25) is 0 Å². The van der Waals surface area contributed by atoms with Crippen LogP contribution in [0.4, 0.5) is 10.6 Å². The first-order valence-corrected chi connectivity index (χ1v) is 9.86. The molecule has 3 aromatic rings. The molecule has 168 valence electrons. The standard InChI is InChI=1S/C21H24N6O5/c1-21(2,3)32-20(31)22-9-14(19(29)30)10-27-12-25-15-16(23-11-24-17(15)27)26-18(28)13-7-5-4-6-8-13/h4-8,11-12,14H,9-10H2,1-3H3,(H,22,31)(H,29,30)(H,23,24,26,28)/t14-/m0/s1. The third-order valence-electron chi connectivity index (χ3n) is 4.33. The second-order valence-electron chi connectivity index (χ2n) is 8.03. The average Bonchev–Trinajstić information content (AvgIpc) is 3.14. The lowest BCUT2D eigenvalue weighted by atomic mass is 10.1. The Kier molecular flexibility index (Phi) is 6.67. The Balaban J connectivity index is 1.74. The summed E-state index contributed by atoms with van der Waals surface area (Å²) in [4.78, 5) is 48.5. The molecule has 0 saturated carbocycles. The average molecular weight is 440 g/mol. The van der Waals surface area contributed by atoms with Gasteiger partial charge in [-0.3, -0.25) is 9.59 Å². The molecule has 0 aliphatic heterocycles. The first-order chi connectivity index (χ1) is 15.1. The summed E-state index contributed by atoms with van der Waals surface area (Å²) in [5, 5.41) is 14.7. The Morgan fingerprint density at radius 1 is 1.12 bits per heavy atom. The highest BCUT2D eigenvalue weighted by Gasteiger charge is 2.23. The van der Waals surface area contributed by atoms with Gasteiger partial charge in [0, 0.05) is 18.7 Å². The normalized spacial score (nSPS) is 12.2. The number of carboxylic acids is 1. The first kappa shape index (κ1) is 22.7. The van der Waals surface area contributed by atoms with Crippen LogP contribution >= 0.6 is 0 Å². The highest BCUT2D eigenvalue weighted by molar-refractivity contribution is 6.06. The number of amides is 2. The van der Waals surface area contributed by atoms with E-state index in [0.717, 1.165) is 0 Å². The maximum absolute atomic E-state index is 12.4. The Bertz CT molecular complexity index is 1120. The van der Waals surface area contributed by atoms with Crippen molar-refractivity contribution in [2.75, 3.05) is 11.9 Å². The predicted molar refractivity (Wildman–Crippen MR) is 115 cm³/mol. The fourth-order valence-electron chi connectivity index (χ4n) is 2.86. The lowest BCUT2D eigenvalue weighted by Gasteiger charge is -2.21. The lowest BCUT2D eigenvalue weighted by molar-refractivity contribution is -0.141. The zero-order chi connectivity index (χ0) is 23.3. The van der Waals surface area contributed by atoms with Crippen LogP contribution in [-0.4, -0.2) is 54.7 Å². The summed E-state index contributed by atoms with van der Waals surface area (Å²) in [6.45, 7) is 4.99. The quantitative estimate of drug-likeness (QED) is 0.507. The Hall–Kier alpha value is -4.02. The summed E-state index contributed by atoms with van der Waals surface area (Å²) >= 11 is 0. The number of alkyl carbamates (subject to hydrolysis) is 1. The molecule has 3 N–H and O–H groups in total. The first-order valence-electron chi connectivity index (χ1n) is 9.86. The minimum absolute atomic E-state index is 0.00921. The van der Waals surface area contributed by atoms with E-state index in [1.54, 1.807) is 51.1 Å². The summed E-state index contributed by atoms with van der Waals surface area (Å²) in [5.41, 5.74) is 0.437. The summed E-state index contributed by atoms with van der Waals surface area (Å²) < 4.78 is 6.67. The smallest absolute Gasteiger partial charge is 0.407 e. The molecule has 2 heterocycles. The largest absolute Gasteiger partial charge is 0.481 e. The van der Waals surface area contributed by atoms with E-state index in [0.29, 0.717) is 16.7 Å². The maximum Gasteiger partial charge on any atom is 0.407 e. The van der Waals surface area contributed by atoms with Gasteiger partial charge in [0.1, 0.15) is 11.9 Å². The van der Waals surface area contributed by atoms with Crippen molar-refractivity contribution in [3.8, 4) is 0 Å². The van der Waals surface area contributed by atoms with E-state index in [9.17, 15) is 19.5 Å². The van der Waals surface area contributed by atoms with Crippen LogP contribution in [0.5, 0.6) is 0 Å². The number of nitrogens with zero attached hydrogens (tertiary/aromatic N) is 4. The van der Waals surface area contributed by atoms with E-state index in [4.69, 9.17) is 4.74 Å². The summed E-state index contributed by atoms with van der Waals surface area (Å²) in [6.07, 6.45) is 1.98. The third-order valence-corrected chi connectivity index (χ3v) is 4.33. The minimum atomic E-state index is -1.10. The molecule has 32 heavy (non-hydrogen) atoms. The van der Waals surface area contributed by atoms with Crippen molar-refractivity contribution in [2.45, 2.75) is 32.9 Å². The number of rotatable bonds is 7. The number of carbonyl (C=O) groups excluding carboxylic acids is 2. The highest BCUT2D eigenvalue weighted by Crippen LogP contribution is 2.19. The van der Waals surface area contributed by atoms with E-state index in [1.807, 2.05) is 0 Å². The molecule has 0 spiro atoms. The number of fused-ring (bicyclic) bond motifs is 1. The molecule has 0 radical (unpaired) electrons. The molecule has 0 unspecified atom stereocenters. The van der Waals surface area contributed by atoms with Crippen LogP contribution in [0.3, 0.4) is 0 Å². The van der Waals surface area contributed by atoms with Crippen molar-refractivity contribution >= 4 is 35.0 Å². The van der Waals surface area contributed by atoms with Gasteiger partial charge in [0.2, 0.25) is 0 Å². The number of ether oxygens (including phenoxy) is 1. The van der Waals surface area contributed by atoms with Crippen molar-refractivity contribution in [2.24, 2.45) is 5.92 Å². The number of nitrogens with one attached hydrogen (secondary N) is 2. The second-order valence-corrected chi connectivity index (χ2v) is 8.03. The van der Waals surface area contributed by atoms with E-state index in [-0.39, 0.29) is 24.8 Å². The van der Waals surface area contributed by atoms with Gasteiger partial charge >= 0.3 is 12.1 Å². The van der Waals surface area contributed by atoms with Crippen molar-refractivity contribution in [3.05, 3.63) is 48.5 Å². The zero-order valence-corrected chi connectivity index (χ0v) is 17.9. The van der Waals surface area contributed by atoms with Crippen LogP contribution in [-0.2, 0) is 16.1 Å². The van der Waals surface area contributed by atoms with Gasteiger partial charge in [-0.2, -0.15) is 0 Å². The number of aromatic nitrogens is 4. The molecule has 3 rings (SSSR count). The number of imidazole rings is 1. The molecule has 0 aliphatic rings. The van der Waals surface area contributed by atoms with Crippen molar-refractivity contribution in [3.63, 3.8) is 0 Å². The molecule has 0 bridgehead atoms. The van der Waals surface area contributed by atoms with Crippen molar-refractivity contribution in [1.29, 1.82) is 0 Å². The number of aliphatic carboxylic acids is 1. The molecule has 0 fully saturated rings. The summed E-state index contributed by atoms with van der Waals surface area (Å²) in [7, 11) is 0. The molecular formula is C21H24N6O5. The molecule has 11 heteroatoms. The van der Waals surface area contributed by atoms with Gasteiger partial charge in [0.05, 0.1) is 12.2 Å². The molecule has 1 aromatic carbocycles. The van der Waals surface area contributed by atoms with Crippen molar-refractivity contribution < 1.29 is 24.2 Å². The Labute approximate surface area is 183 Å². The molecule has 11 nitrogen and oxygen atoms in total. The predicted octanol–water partition coefficient (Wildman–Crippen LogP) is 2.30. The summed E-state index contributed by atoms with van der Waals surface area (Å²) in [6, 6.07) is 8.63. The molecule has 2 aromatic heterocycles. The summed E-state index contributed by atoms with van der Waals surface area (Å²) in [5.74, 6) is -2.21. The van der Waals surface area contributed by atoms with E-state index < -0.39 is 23.6 Å². The van der Waals surface area contributed by atoms with Crippen LogP contribution < -0.4 is 10.6 Å². The number of benzene rings is 1. The topological polar surface area (TPSA) is 148 Å². The molecule has 1 atom stereocenters. The maximum atomic E-state index is 12.4. The third kappa shape index (κ3) is 5.78.